The zero-order valence-corrected chi connectivity index (χ0v) is 10.0. The Balaban J connectivity index is 2.55. The lowest BCUT2D eigenvalue weighted by Crippen LogP contribution is -2.32. The number of hydrogen-bond acceptors (Lipinski definition) is 3. The van der Waals surface area contributed by atoms with Crippen molar-refractivity contribution in [3.05, 3.63) is 23.5 Å². The van der Waals surface area contributed by atoms with Crippen LogP contribution in [0.15, 0.2) is 18.5 Å². The van der Waals surface area contributed by atoms with Crippen LogP contribution in [-0.4, -0.2) is 22.7 Å². The van der Waals surface area contributed by atoms with Crippen LogP contribution in [0.25, 0.3) is 0 Å². The highest BCUT2D eigenvalue weighted by Crippen LogP contribution is 2.22. The first kappa shape index (κ1) is 12.3. The van der Waals surface area contributed by atoms with Gasteiger partial charge in [-0.15, -0.1) is 0 Å². The average Bonchev–Trinajstić information content (AvgIpc) is 2.14. The van der Waals surface area contributed by atoms with Crippen LogP contribution >= 0.6 is 11.6 Å². The maximum absolute atomic E-state index is 9.82. The van der Waals surface area contributed by atoms with Crippen molar-refractivity contribution in [1.82, 2.24) is 4.98 Å². The summed E-state index contributed by atoms with van der Waals surface area (Å²) in [5.74, 6) is 0. The third-order valence-electron chi connectivity index (χ3n) is 2.26. The summed E-state index contributed by atoms with van der Waals surface area (Å²) >= 11 is 5.92. The van der Waals surface area contributed by atoms with Gasteiger partial charge in [0.1, 0.15) is 0 Å². The van der Waals surface area contributed by atoms with Gasteiger partial charge in [0.15, 0.2) is 0 Å². The van der Waals surface area contributed by atoms with Gasteiger partial charge < -0.3 is 10.4 Å². The molecule has 84 valence electrons. The van der Waals surface area contributed by atoms with E-state index >= 15 is 0 Å². The summed E-state index contributed by atoms with van der Waals surface area (Å²) in [4.78, 5) is 3.89. The van der Waals surface area contributed by atoms with Gasteiger partial charge in [0.2, 0.25) is 0 Å². The van der Waals surface area contributed by atoms with Crippen LogP contribution in [0.2, 0.25) is 5.02 Å². The number of hydrogen-bond donors (Lipinski definition) is 2. The molecule has 4 heteroatoms. The highest BCUT2D eigenvalue weighted by Gasteiger charge is 2.21. The molecule has 0 fully saturated rings. The maximum Gasteiger partial charge on any atom is 0.0820 e. The van der Waals surface area contributed by atoms with Crippen LogP contribution in [0, 0.1) is 5.41 Å². The minimum atomic E-state index is -0.415. The second kappa shape index (κ2) is 4.81. The normalized spacial score (nSPS) is 13.7. The summed E-state index contributed by atoms with van der Waals surface area (Å²) in [7, 11) is 0. The van der Waals surface area contributed by atoms with Crippen LogP contribution in [-0.2, 0) is 0 Å². The molecule has 1 atom stereocenters. The quantitative estimate of drug-likeness (QED) is 0.836. The van der Waals surface area contributed by atoms with Gasteiger partial charge in [0.25, 0.3) is 0 Å². The molecule has 1 aromatic rings. The molecule has 0 aliphatic heterocycles. The van der Waals surface area contributed by atoms with Crippen LogP contribution in [0.3, 0.4) is 0 Å². The zero-order valence-electron chi connectivity index (χ0n) is 9.29. The topological polar surface area (TPSA) is 45.1 Å². The second-order valence-corrected chi connectivity index (χ2v) is 5.03. The predicted molar refractivity (Wildman–Crippen MR) is 63.2 cm³/mol. The minimum Gasteiger partial charge on any atom is -0.391 e. The van der Waals surface area contributed by atoms with Crippen LogP contribution in [0.4, 0.5) is 5.69 Å². The molecule has 1 heterocycles. The number of aromatic nitrogens is 1. The van der Waals surface area contributed by atoms with E-state index in [-0.39, 0.29) is 5.41 Å². The van der Waals surface area contributed by atoms with Gasteiger partial charge >= 0.3 is 0 Å². The van der Waals surface area contributed by atoms with Gasteiger partial charge in [0, 0.05) is 18.9 Å². The van der Waals surface area contributed by atoms with Crippen molar-refractivity contribution in [2.75, 3.05) is 11.9 Å². The lowest BCUT2D eigenvalue weighted by Gasteiger charge is -2.26. The molecule has 0 spiro atoms. The fourth-order valence-corrected chi connectivity index (χ4v) is 1.22. The Morgan fingerprint density at radius 1 is 1.53 bits per heavy atom. The zero-order chi connectivity index (χ0) is 11.5. The monoisotopic (exact) mass is 228 g/mol. The molecule has 0 bridgehead atoms. The van der Waals surface area contributed by atoms with E-state index in [0.717, 1.165) is 5.69 Å². The lowest BCUT2D eigenvalue weighted by atomic mass is 9.89. The SMILES string of the molecule is CC(C)(C)[C@H](O)CNc1ccncc1Cl. The summed E-state index contributed by atoms with van der Waals surface area (Å²) in [6, 6.07) is 1.79. The number of anilines is 1. The molecule has 0 amide bonds. The van der Waals surface area contributed by atoms with E-state index in [1.807, 2.05) is 20.8 Å². The summed E-state index contributed by atoms with van der Waals surface area (Å²) in [6.45, 7) is 6.46. The smallest absolute Gasteiger partial charge is 0.0820 e. The Labute approximate surface area is 95.5 Å². The van der Waals surface area contributed by atoms with Crippen molar-refractivity contribution in [3.8, 4) is 0 Å². The first-order valence-electron chi connectivity index (χ1n) is 4.92. The molecule has 0 aliphatic rings. The fourth-order valence-electron chi connectivity index (χ4n) is 1.03. The summed E-state index contributed by atoms with van der Waals surface area (Å²) < 4.78 is 0. The second-order valence-electron chi connectivity index (χ2n) is 4.62. The minimum absolute atomic E-state index is 0.132. The molecule has 0 aliphatic carbocycles. The first-order chi connectivity index (χ1) is 6.91. The molecular formula is C11H17ClN2O. The van der Waals surface area contributed by atoms with Crippen molar-refractivity contribution in [1.29, 1.82) is 0 Å². The van der Waals surface area contributed by atoms with Gasteiger partial charge in [-0.1, -0.05) is 32.4 Å². The Bertz CT molecular complexity index is 323. The number of rotatable bonds is 3. The molecule has 2 N–H and O–H groups in total. The third kappa shape index (κ3) is 3.68. The molecule has 1 rings (SSSR count). The van der Waals surface area contributed by atoms with Crippen molar-refractivity contribution < 1.29 is 5.11 Å². The van der Waals surface area contributed by atoms with E-state index < -0.39 is 6.10 Å². The summed E-state index contributed by atoms with van der Waals surface area (Å²) in [5.41, 5.74) is 0.668. The van der Waals surface area contributed by atoms with Gasteiger partial charge in [-0.25, -0.2) is 0 Å². The van der Waals surface area contributed by atoms with Crippen LogP contribution < -0.4 is 5.32 Å². The molecule has 0 saturated heterocycles. The number of aliphatic hydroxyl groups excluding tert-OH is 1. The lowest BCUT2D eigenvalue weighted by molar-refractivity contribution is 0.0746. The Hall–Kier alpha value is -0.800. The molecule has 3 nitrogen and oxygen atoms in total. The first-order valence-corrected chi connectivity index (χ1v) is 5.30. The largest absolute Gasteiger partial charge is 0.391 e. The Morgan fingerprint density at radius 2 is 2.20 bits per heavy atom. The molecule has 1 aromatic heterocycles. The number of halogens is 1. The van der Waals surface area contributed by atoms with Gasteiger partial charge in [-0.2, -0.15) is 0 Å². The van der Waals surface area contributed by atoms with Crippen molar-refractivity contribution in [2.24, 2.45) is 5.41 Å². The van der Waals surface area contributed by atoms with Crippen molar-refractivity contribution >= 4 is 17.3 Å². The van der Waals surface area contributed by atoms with E-state index in [2.05, 4.69) is 10.3 Å². The highest BCUT2D eigenvalue weighted by atomic mass is 35.5. The van der Waals surface area contributed by atoms with E-state index in [9.17, 15) is 5.11 Å². The molecule has 15 heavy (non-hydrogen) atoms. The van der Waals surface area contributed by atoms with E-state index in [1.165, 1.54) is 0 Å². The molecule has 0 radical (unpaired) electrons. The van der Waals surface area contributed by atoms with Crippen molar-refractivity contribution in [3.63, 3.8) is 0 Å². The maximum atomic E-state index is 9.82. The van der Waals surface area contributed by atoms with E-state index in [1.54, 1.807) is 18.5 Å². The third-order valence-corrected chi connectivity index (χ3v) is 2.56. The van der Waals surface area contributed by atoms with E-state index in [4.69, 9.17) is 11.6 Å². The standard InChI is InChI=1S/C11H17ClN2O/c1-11(2,3)10(15)7-14-9-4-5-13-6-8(9)12/h4-6,10,15H,7H2,1-3H3,(H,13,14)/t10-/m1/s1. The summed E-state index contributed by atoms with van der Waals surface area (Å²) in [5, 5.41) is 13.5. The van der Waals surface area contributed by atoms with Crippen molar-refractivity contribution in [2.45, 2.75) is 26.9 Å². The predicted octanol–water partition coefficient (Wildman–Crippen LogP) is 2.55. The van der Waals surface area contributed by atoms with E-state index in [0.29, 0.717) is 11.6 Å². The van der Waals surface area contributed by atoms with Crippen LogP contribution in [0.1, 0.15) is 20.8 Å². The molecule has 0 unspecified atom stereocenters. The summed E-state index contributed by atoms with van der Waals surface area (Å²) in [6.07, 6.45) is 2.83. The van der Waals surface area contributed by atoms with Gasteiger partial charge in [-0.3, -0.25) is 4.98 Å². The Kier molecular flexibility index (Phi) is 3.94. The number of pyridine rings is 1. The molecular weight excluding hydrogens is 212 g/mol. The number of nitrogens with zero attached hydrogens (tertiary/aromatic N) is 1. The molecule has 0 aromatic carbocycles. The van der Waals surface area contributed by atoms with Gasteiger partial charge in [0.05, 0.1) is 16.8 Å². The number of aliphatic hydroxyl groups is 1. The van der Waals surface area contributed by atoms with Crippen LogP contribution in [0.5, 0.6) is 0 Å². The van der Waals surface area contributed by atoms with Gasteiger partial charge in [-0.05, 0) is 11.5 Å². The fraction of sp³-hybridized carbons (Fsp3) is 0.545. The Morgan fingerprint density at radius 3 is 2.73 bits per heavy atom. The number of nitrogens with one attached hydrogen (secondary N) is 1. The average molecular weight is 229 g/mol. The molecule has 0 saturated carbocycles. The highest BCUT2D eigenvalue weighted by molar-refractivity contribution is 6.33.